The van der Waals surface area contributed by atoms with Crippen LogP contribution in [0, 0.1) is 0 Å². The maximum Gasteiger partial charge on any atom is 0.423 e. The maximum atomic E-state index is 11.9. The van der Waals surface area contributed by atoms with Gasteiger partial charge in [0.25, 0.3) is 0 Å². The van der Waals surface area contributed by atoms with Gasteiger partial charge in [0.2, 0.25) is 5.91 Å². The van der Waals surface area contributed by atoms with E-state index < -0.39 is 17.4 Å². The molecule has 0 saturated carbocycles. The van der Waals surface area contributed by atoms with Crippen molar-refractivity contribution < 1.29 is 19.4 Å². The molecule has 1 rings (SSSR count). The van der Waals surface area contributed by atoms with Crippen molar-refractivity contribution in [1.82, 2.24) is 10.9 Å². The molecule has 0 unspecified atom stereocenters. The molecule has 2 amide bonds. The predicted molar refractivity (Wildman–Crippen MR) is 70.3 cm³/mol. The maximum absolute atomic E-state index is 11.9. The zero-order chi connectivity index (χ0) is 14.6. The molecule has 3 N–H and O–H groups in total. The lowest BCUT2D eigenvalue weighted by Crippen LogP contribution is -2.48. The van der Waals surface area contributed by atoms with Crippen molar-refractivity contribution in [1.29, 1.82) is 0 Å². The van der Waals surface area contributed by atoms with E-state index >= 15 is 0 Å². The van der Waals surface area contributed by atoms with Crippen LogP contribution in [0.1, 0.15) is 19.4 Å². The highest BCUT2D eigenvalue weighted by Crippen LogP contribution is 2.31. The van der Waals surface area contributed by atoms with E-state index in [1.165, 1.54) is 7.11 Å². The lowest BCUT2D eigenvalue weighted by Gasteiger charge is -2.24. The van der Waals surface area contributed by atoms with Crippen molar-refractivity contribution in [3.8, 4) is 5.75 Å². The summed E-state index contributed by atoms with van der Waals surface area (Å²) in [5, 5.41) is 8.89. The molecule has 0 atom stereocenters. The van der Waals surface area contributed by atoms with Crippen LogP contribution in [0.25, 0.3) is 0 Å². The molecule has 7 heteroatoms. The highest BCUT2D eigenvalue weighted by molar-refractivity contribution is 6.32. The van der Waals surface area contributed by atoms with Gasteiger partial charge >= 0.3 is 6.09 Å². The number of nitrogens with one attached hydrogen (secondary N) is 2. The van der Waals surface area contributed by atoms with E-state index in [9.17, 15) is 9.59 Å². The fourth-order valence-corrected chi connectivity index (χ4v) is 1.64. The summed E-state index contributed by atoms with van der Waals surface area (Å²) >= 11 is 5.91. The van der Waals surface area contributed by atoms with Crippen LogP contribution in [-0.2, 0) is 10.2 Å². The first kappa shape index (κ1) is 15.1. The van der Waals surface area contributed by atoms with Crippen molar-refractivity contribution in [2.45, 2.75) is 19.3 Å². The number of benzene rings is 1. The Kier molecular flexibility index (Phi) is 4.61. The molecule has 0 heterocycles. The van der Waals surface area contributed by atoms with Crippen molar-refractivity contribution in [3.05, 3.63) is 28.8 Å². The molecule has 1 aromatic carbocycles. The van der Waals surface area contributed by atoms with Crippen molar-refractivity contribution >= 4 is 23.6 Å². The summed E-state index contributed by atoms with van der Waals surface area (Å²) in [7, 11) is 1.48. The first-order valence-electron chi connectivity index (χ1n) is 5.42. The average Bonchev–Trinajstić information content (AvgIpc) is 2.35. The van der Waals surface area contributed by atoms with E-state index in [0.717, 1.165) is 0 Å². The highest BCUT2D eigenvalue weighted by Gasteiger charge is 2.30. The van der Waals surface area contributed by atoms with E-state index in [1.807, 2.05) is 5.43 Å². The second kappa shape index (κ2) is 5.79. The Morgan fingerprint density at radius 3 is 2.47 bits per heavy atom. The number of hydrazine groups is 1. The van der Waals surface area contributed by atoms with Crippen LogP contribution in [0.5, 0.6) is 5.75 Å². The normalized spacial score (nSPS) is 10.7. The number of hydrogen-bond donors (Lipinski definition) is 3. The lowest BCUT2D eigenvalue weighted by molar-refractivity contribution is -0.126. The van der Waals surface area contributed by atoms with Gasteiger partial charge in [-0.25, -0.2) is 10.2 Å². The number of rotatable bonds is 3. The molecule has 0 radical (unpaired) electrons. The molecule has 0 spiro atoms. The zero-order valence-corrected chi connectivity index (χ0v) is 11.5. The first-order valence-corrected chi connectivity index (χ1v) is 5.80. The van der Waals surface area contributed by atoms with E-state index in [2.05, 4.69) is 5.43 Å². The number of carbonyl (C=O) groups excluding carboxylic acids is 1. The van der Waals surface area contributed by atoms with E-state index in [-0.39, 0.29) is 0 Å². The van der Waals surface area contributed by atoms with Crippen LogP contribution in [-0.4, -0.2) is 24.2 Å². The van der Waals surface area contributed by atoms with Crippen LogP contribution in [0.2, 0.25) is 5.02 Å². The number of carbonyl (C=O) groups is 2. The largest absolute Gasteiger partial charge is 0.495 e. The minimum Gasteiger partial charge on any atom is -0.495 e. The molecule has 6 nitrogen and oxygen atoms in total. The van der Waals surface area contributed by atoms with Gasteiger partial charge in [-0.3, -0.25) is 10.2 Å². The van der Waals surface area contributed by atoms with Gasteiger partial charge < -0.3 is 9.84 Å². The summed E-state index contributed by atoms with van der Waals surface area (Å²) in [6.45, 7) is 3.32. The summed E-state index contributed by atoms with van der Waals surface area (Å²) in [6, 6.07) is 4.95. The molecular weight excluding hydrogens is 272 g/mol. The molecule has 0 aromatic heterocycles. The van der Waals surface area contributed by atoms with Gasteiger partial charge in [-0.05, 0) is 31.5 Å². The Balaban J connectivity index is 2.98. The Labute approximate surface area is 115 Å². The summed E-state index contributed by atoms with van der Waals surface area (Å²) in [5.41, 5.74) is 3.64. The van der Waals surface area contributed by atoms with E-state index in [4.69, 9.17) is 21.4 Å². The fraction of sp³-hybridized carbons (Fsp3) is 0.333. The second-order valence-electron chi connectivity index (χ2n) is 4.36. The molecule has 0 aliphatic rings. The average molecular weight is 287 g/mol. The van der Waals surface area contributed by atoms with Crippen LogP contribution in [0.3, 0.4) is 0 Å². The monoisotopic (exact) mass is 286 g/mol. The van der Waals surface area contributed by atoms with Gasteiger partial charge in [-0.15, -0.1) is 0 Å². The predicted octanol–water partition coefficient (Wildman–Crippen LogP) is 1.93. The molecule has 0 bridgehead atoms. The standard InChI is InChI=1S/C12H15ClN2O4/c1-12(2,10(16)14-15-11(17)18)7-4-5-8(13)9(6-7)19-3/h4-6,15H,1-3H3,(H,14,16)(H,17,18). The lowest BCUT2D eigenvalue weighted by atomic mass is 9.84. The van der Waals surface area contributed by atoms with Gasteiger partial charge in [-0.2, -0.15) is 0 Å². The molecule has 0 aliphatic carbocycles. The Morgan fingerprint density at radius 1 is 1.32 bits per heavy atom. The summed E-state index contributed by atoms with van der Waals surface area (Å²) < 4.78 is 5.09. The van der Waals surface area contributed by atoms with Gasteiger partial charge in [0.15, 0.2) is 0 Å². The highest BCUT2D eigenvalue weighted by atomic mass is 35.5. The SMILES string of the molecule is COc1cc(C(C)(C)C(=O)NNC(=O)O)ccc1Cl. The number of methoxy groups -OCH3 is 1. The van der Waals surface area contributed by atoms with Crippen LogP contribution >= 0.6 is 11.6 Å². The number of hydrogen-bond acceptors (Lipinski definition) is 3. The molecule has 0 saturated heterocycles. The molecule has 0 aliphatic heterocycles. The Hall–Kier alpha value is -1.95. The van der Waals surface area contributed by atoms with Gasteiger partial charge in [0.05, 0.1) is 17.5 Å². The molecule has 1 aromatic rings. The van der Waals surface area contributed by atoms with Crippen LogP contribution in [0.4, 0.5) is 4.79 Å². The number of carboxylic acid groups (broad SMARTS) is 1. The smallest absolute Gasteiger partial charge is 0.423 e. The van der Waals surface area contributed by atoms with Crippen LogP contribution in [0.15, 0.2) is 18.2 Å². The third-order valence-corrected chi connectivity index (χ3v) is 3.04. The number of amides is 2. The second-order valence-corrected chi connectivity index (χ2v) is 4.77. The Bertz CT molecular complexity index is 503. The summed E-state index contributed by atoms with van der Waals surface area (Å²) in [5.74, 6) is -0.0366. The van der Waals surface area contributed by atoms with Crippen molar-refractivity contribution in [2.24, 2.45) is 0 Å². The van der Waals surface area contributed by atoms with Gasteiger partial charge in [-0.1, -0.05) is 17.7 Å². The third-order valence-electron chi connectivity index (χ3n) is 2.72. The number of halogens is 1. The molecule has 104 valence electrons. The summed E-state index contributed by atoms with van der Waals surface area (Å²) in [4.78, 5) is 22.3. The topological polar surface area (TPSA) is 87.7 Å². The molecular formula is C12H15ClN2O4. The van der Waals surface area contributed by atoms with Gasteiger partial charge in [0, 0.05) is 0 Å². The first-order chi connectivity index (χ1) is 8.78. The number of ether oxygens (including phenoxy) is 1. The van der Waals surface area contributed by atoms with Crippen molar-refractivity contribution in [3.63, 3.8) is 0 Å². The quantitative estimate of drug-likeness (QED) is 0.741. The Morgan fingerprint density at radius 2 is 1.95 bits per heavy atom. The zero-order valence-electron chi connectivity index (χ0n) is 10.8. The fourth-order valence-electron chi connectivity index (χ4n) is 1.45. The van der Waals surface area contributed by atoms with Crippen LogP contribution < -0.4 is 15.6 Å². The molecule has 0 fully saturated rings. The summed E-state index contributed by atoms with van der Waals surface area (Å²) in [6.07, 6.45) is -1.34. The minimum atomic E-state index is -1.34. The van der Waals surface area contributed by atoms with Crippen molar-refractivity contribution in [2.75, 3.05) is 7.11 Å². The van der Waals surface area contributed by atoms with E-state index in [0.29, 0.717) is 16.3 Å². The molecule has 19 heavy (non-hydrogen) atoms. The minimum absolute atomic E-state index is 0.436. The van der Waals surface area contributed by atoms with Gasteiger partial charge in [0.1, 0.15) is 5.75 Å². The van der Waals surface area contributed by atoms with E-state index in [1.54, 1.807) is 32.0 Å². The third kappa shape index (κ3) is 3.51.